The van der Waals surface area contributed by atoms with Crippen molar-refractivity contribution >= 4 is 29.3 Å². The van der Waals surface area contributed by atoms with Crippen molar-refractivity contribution in [3.05, 3.63) is 28.8 Å². The highest BCUT2D eigenvalue weighted by Crippen LogP contribution is 2.24. The van der Waals surface area contributed by atoms with Crippen molar-refractivity contribution in [2.45, 2.75) is 6.42 Å². The van der Waals surface area contributed by atoms with Crippen molar-refractivity contribution in [2.75, 3.05) is 32.1 Å². The molecular formula is C14H17ClN2O4. The van der Waals surface area contributed by atoms with Gasteiger partial charge in [-0.25, -0.2) is 9.59 Å². The molecule has 1 heterocycles. The molecule has 1 aromatic carbocycles. The number of rotatable bonds is 4. The Hall–Kier alpha value is -1.79. The maximum Gasteiger partial charge on any atom is 0.335 e. The topological polar surface area (TPSA) is 78.9 Å². The Morgan fingerprint density at radius 2 is 2.29 bits per heavy atom. The van der Waals surface area contributed by atoms with E-state index in [9.17, 15) is 9.59 Å². The van der Waals surface area contributed by atoms with E-state index in [-0.39, 0.29) is 11.6 Å². The molecule has 7 heteroatoms. The van der Waals surface area contributed by atoms with E-state index in [2.05, 4.69) is 5.32 Å². The van der Waals surface area contributed by atoms with Gasteiger partial charge in [-0.3, -0.25) is 0 Å². The molecule has 1 aliphatic heterocycles. The monoisotopic (exact) mass is 312 g/mol. The van der Waals surface area contributed by atoms with E-state index in [1.165, 1.54) is 18.2 Å². The molecule has 2 amide bonds. The van der Waals surface area contributed by atoms with Gasteiger partial charge in [0.15, 0.2) is 0 Å². The fourth-order valence-electron chi connectivity index (χ4n) is 2.34. The summed E-state index contributed by atoms with van der Waals surface area (Å²) in [6.45, 7) is 1.89. The molecule has 2 rings (SSSR count). The molecule has 6 nitrogen and oxygen atoms in total. The number of halogens is 1. The molecule has 0 bridgehead atoms. The molecule has 1 unspecified atom stereocenters. The van der Waals surface area contributed by atoms with E-state index >= 15 is 0 Å². The second kappa shape index (κ2) is 6.78. The molecule has 0 aromatic heterocycles. The summed E-state index contributed by atoms with van der Waals surface area (Å²) in [6.07, 6.45) is 0.893. The van der Waals surface area contributed by atoms with Gasteiger partial charge >= 0.3 is 12.0 Å². The molecule has 0 radical (unpaired) electrons. The predicted molar refractivity (Wildman–Crippen MR) is 79.0 cm³/mol. The van der Waals surface area contributed by atoms with Crippen LogP contribution in [0.3, 0.4) is 0 Å². The zero-order valence-corrected chi connectivity index (χ0v) is 12.4. The minimum atomic E-state index is -1.07. The molecule has 1 saturated heterocycles. The first-order valence-electron chi connectivity index (χ1n) is 6.59. The number of urea groups is 1. The standard InChI is InChI=1S/C14H17ClN2O4/c1-21-8-9-4-5-17(7-9)14(20)16-12-6-10(13(18)19)2-3-11(12)15/h2-3,6,9H,4-5,7-8H2,1H3,(H,16,20)(H,18,19). The normalized spacial score (nSPS) is 17.8. The number of methoxy groups -OCH3 is 1. The lowest BCUT2D eigenvalue weighted by Gasteiger charge is -2.18. The first-order valence-corrected chi connectivity index (χ1v) is 6.96. The van der Waals surface area contributed by atoms with Crippen LogP contribution in [0.25, 0.3) is 0 Å². The summed E-state index contributed by atoms with van der Waals surface area (Å²) in [4.78, 5) is 24.8. The fourth-order valence-corrected chi connectivity index (χ4v) is 2.50. The van der Waals surface area contributed by atoms with Gasteiger partial charge in [-0.15, -0.1) is 0 Å². The highest BCUT2D eigenvalue weighted by molar-refractivity contribution is 6.33. The van der Waals surface area contributed by atoms with E-state index in [0.717, 1.165) is 6.42 Å². The van der Waals surface area contributed by atoms with Crippen molar-refractivity contribution in [3.8, 4) is 0 Å². The molecule has 21 heavy (non-hydrogen) atoms. The second-order valence-corrected chi connectivity index (χ2v) is 5.39. The summed E-state index contributed by atoms with van der Waals surface area (Å²) < 4.78 is 5.09. The molecule has 1 fully saturated rings. The van der Waals surface area contributed by atoms with Crippen molar-refractivity contribution < 1.29 is 19.4 Å². The number of hydrogen-bond acceptors (Lipinski definition) is 3. The van der Waals surface area contributed by atoms with Crippen molar-refractivity contribution in [1.29, 1.82) is 0 Å². The van der Waals surface area contributed by atoms with Crippen LogP contribution in [0.5, 0.6) is 0 Å². The molecule has 2 N–H and O–H groups in total. The van der Waals surface area contributed by atoms with Gasteiger partial charge in [-0.2, -0.15) is 0 Å². The molecule has 1 atom stereocenters. The van der Waals surface area contributed by atoms with Gasteiger partial charge < -0.3 is 20.1 Å². The van der Waals surface area contributed by atoms with Crippen LogP contribution in [0.4, 0.5) is 10.5 Å². The summed E-state index contributed by atoms with van der Waals surface area (Å²) in [5.74, 6) is -0.731. The maximum absolute atomic E-state index is 12.2. The SMILES string of the molecule is COCC1CCN(C(=O)Nc2cc(C(=O)O)ccc2Cl)C1. The van der Waals surface area contributed by atoms with E-state index in [0.29, 0.717) is 36.3 Å². The lowest BCUT2D eigenvalue weighted by atomic mass is 10.1. The Balaban J connectivity index is 2.03. The fraction of sp³-hybridized carbons (Fsp3) is 0.429. The summed E-state index contributed by atoms with van der Waals surface area (Å²) in [6, 6.07) is 3.92. The molecule has 0 aliphatic carbocycles. The van der Waals surface area contributed by atoms with Gasteiger partial charge in [0, 0.05) is 26.1 Å². The molecule has 0 spiro atoms. The minimum Gasteiger partial charge on any atom is -0.478 e. The quantitative estimate of drug-likeness (QED) is 0.895. The summed E-state index contributed by atoms with van der Waals surface area (Å²) in [7, 11) is 1.64. The predicted octanol–water partition coefficient (Wildman–Crippen LogP) is 2.54. The Kier molecular flexibility index (Phi) is 5.03. The third-order valence-electron chi connectivity index (χ3n) is 3.43. The van der Waals surface area contributed by atoms with Crippen LogP contribution in [0, 0.1) is 5.92 Å². The number of anilines is 1. The lowest BCUT2D eigenvalue weighted by Crippen LogP contribution is -2.33. The van der Waals surface area contributed by atoms with E-state index in [1.54, 1.807) is 12.0 Å². The molecular weight excluding hydrogens is 296 g/mol. The number of carbonyl (C=O) groups is 2. The van der Waals surface area contributed by atoms with Gasteiger partial charge in [0.05, 0.1) is 22.9 Å². The Morgan fingerprint density at radius 3 is 2.95 bits per heavy atom. The maximum atomic E-state index is 12.2. The second-order valence-electron chi connectivity index (χ2n) is 4.99. The Labute approximate surface area is 127 Å². The summed E-state index contributed by atoms with van der Waals surface area (Å²) in [5.41, 5.74) is 0.380. The van der Waals surface area contributed by atoms with Gasteiger partial charge in [0.2, 0.25) is 0 Å². The molecule has 1 aromatic rings. The molecule has 114 valence electrons. The highest BCUT2D eigenvalue weighted by atomic mass is 35.5. The molecule has 1 aliphatic rings. The smallest absolute Gasteiger partial charge is 0.335 e. The number of carboxylic acid groups (broad SMARTS) is 1. The number of carboxylic acids is 1. The van der Waals surface area contributed by atoms with Crippen molar-refractivity contribution in [1.82, 2.24) is 4.90 Å². The number of nitrogens with zero attached hydrogens (tertiary/aromatic N) is 1. The van der Waals surface area contributed by atoms with Gasteiger partial charge in [0.1, 0.15) is 0 Å². The third kappa shape index (κ3) is 3.86. The average molecular weight is 313 g/mol. The van der Waals surface area contributed by atoms with Crippen molar-refractivity contribution in [3.63, 3.8) is 0 Å². The van der Waals surface area contributed by atoms with E-state index in [1.807, 2.05) is 0 Å². The van der Waals surface area contributed by atoms with Crippen LogP contribution in [0.2, 0.25) is 5.02 Å². The van der Waals surface area contributed by atoms with Crippen LogP contribution < -0.4 is 5.32 Å². The average Bonchev–Trinajstić information content (AvgIpc) is 2.90. The van der Waals surface area contributed by atoms with Gasteiger partial charge in [-0.05, 0) is 24.6 Å². The van der Waals surface area contributed by atoms with E-state index < -0.39 is 5.97 Å². The van der Waals surface area contributed by atoms with Crippen LogP contribution >= 0.6 is 11.6 Å². The van der Waals surface area contributed by atoms with Gasteiger partial charge in [-0.1, -0.05) is 11.6 Å². The number of hydrogen-bond donors (Lipinski definition) is 2. The zero-order chi connectivity index (χ0) is 15.4. The first-order chi connectivity index (χ1) is 10.0. The largest absolute Gasteiger partial charge is 0.478 e. The number of benzene rings is 1. The number of ether oxygens (including phenoxy) is 1. The van der Waals surface area contributed by atoms with Crippen LogP contribution in [-0.4, -0.2) is 48.8 Å². The van der Waals surface area contributed by atoms with Crippen LogP contribution in [-0.2, 0) is 4.74 Å². The zero-order valence-electron chi connectivity index (χ0n) is 11.6. The van der Waals surface area contributed by atoms with Crippen LogP contribution in [0.1, 0.15) is 16.8 Å². The third-order valence-corrected chi connectivity index (χ3v) is 3.76. The highest BCUT2D eigenvalue weighted by Gasteiger charge is 2.26. The lowest BCUT2D eigenvalue weighted by molar-refractivity contribution is 0.0697. The van der Waals surface area contributed by atoms with E-state index in [4.69, 9.17) is 21.4 Å². The Morgan fingerprint density at radius 1 is 1.52 bits per heavy atom. The van der Waals surface area contributed by atoms with Crippen molar-refractivity contribution in [2.24, 2.45) is 5.92 Å². The number of nitrogens with one attached hydrogen (secondary N) is 1. The summed E-state index contributed by atoms with van der Waals surface area (Å²) in [5, 5.41) is 11.9. The van der Waals surface area contributed by atoms with Crippen LogP contribution in [0.15, 0.2) is 18.2 Å². The van der Waals surface area contributed by atoms with Gasteiger partial charge in [0.25, 0.3) is 0 Å². The first kappa shape index (κ1) is 15.6. The number of aromatic carboxylic acids is 1. The number of amides is 2. The Bertz CT molecular complexity index is 550. The number of carbonyl (C=O) groups excluding carboxylic acids is 1. The number of likely N-dealkylation sites (tertiary alicyclic amines) is 1. The summed E-state index contributed by atoms with van der Waals surface area (Å²) >= 11 is 5.98. The molecule has 0 saturated carbocycles. The minimum absolute atomic E-state index is 0.0772.